The van der Waals surface area contributed by atoms with Gasteiger partial charge in [-0.15, -0.1) is 10.2 Å². The number of carbonyl (C=O) groups is 1. The molecule has 124 valence electrons. The first-order valence-electron chi connectivity index (χ1n) is 7.40. The molecule has 0 bridgehead atoms. The number of nitrogens with two attached hydrogens (primary N) is 1. The molecule has 0 aliphatic heterocycles. The van der Waals surface area contributed by atoms with Gasteiger partial charge >= 0.3 is 0 Å². The van der Waals surface area contributed by atoms with E-state index in [0.717, 1.165) is 25.1 Å². The Bertz CT molecular complexity index is 659. The molecule has 0 radical (unpaired) electrons. The summed E-state index contributed by atoms with van der Waals surface area (Å²) in [6.45, 7) is 2.11. The number of rotatable bonds is 8. The second-order valence-corrected chi connectivity index (χ2v) is 5.88. The number of nitrogen functional groups attached to an aromatic ring is 1. The molecule has 0 unspecified atom stereocenters. The van der Waals surface area contributed by atoms with Crippen LogP contribution >= 0.6 is 11.8 Å². The van der Waals surface area contributed by atoms with Crippen molar-refractivity contribution in [3.63, 3.8) is 0 Å². The number of anilines is 1. The molecule has 1 aromatic heterocycles. The SMILES string of the molecule is CCCCc1nnc(SCC(=O)Nc2cccc(OC)c2)n1N. The summed E-state index contributed by atoms with van der Waals surface area (Å²) in [5, 5.41) is 11.4. The summed E-state index contributed by atoms with van der Waals surface area (Å²) in [5.74, 6) is 7.45. The standard InChI is InChI=1S/C15H21N5O2S/c1-3-4-8-13-18-19-15(20(13)16)23-10-14(21)17-11-6-5-7-12(9-11)22-2/h5-7,9H,3-4,8,10,16H2,1-2H3,(H,17,21). The molecule has 1 heterocycles. The number of hydrogen-bond donors (Lipinski definition) is 2. The smallest absolute Gasteiger partial charge is 0.234 e. The van der Waals surface area contributed by atoms with Crippen molar-refractivity contribution in [1.82, 2.24) is 14.9 Å². The Morgan fingerprint density at radius 2 is 2.26 bits per heavy atom. The van der Waals surface area contributed by atoms with Crippen molar-refractivity contribution in [2.75, 3.05) is 24.0 Å². The molecule has 23 heavy (non-hydrogen) atoms. The van der Waals surface area contributed by atoms with E-state index < -0.39 is 0 Å². The van der Waals surface area contributed by atoms with E-state index in [1.165, 1.54) is 16.4 Å². The number of nitrogens with one attached hydrogen (secondary N) is 1. The molecular formula is C15H21N5O2S. The molecule has 1 aromatic carbocycles. The van der Waals surface area contributed by atoms with E-state index in [0.29, 0.717) is 16.6 Å². The van der Waals surface area contributed by atoms with Crippen LogP contribution < -0.4 is 15.9 Å². The molecule has 0 aliphatic rings. The third kappa shape index (κ3) is 4.88. The van der Waals surface area contributed by atoms with Crippen molar-refractivity contribution < 1.29 is 9.53 Å². The molecule has 8 heteroatoms. The highest BCUT2D eigenvalue weighted by Gasteiger charge is 2.12. The topological polar surface area (TPSA) is 95.1 Å². The summed E-state index contributed by atoms with van der Waals surface area (Å²) in [6.07, 6.45) is 2.87. The average Bonchev–Trinajstić information content (AvgIpc) is 2.91. The van der Waals surface area contributed by atoms with Crippen LogP contribution in [0.15, 0.2) is 29.4 Å². The molecule has 0 fully saturated rings. The number of unbranched alkanes of at least 4 members (excludes halogenated alkanes) is 1. The molecule has 0 saturated carbocycles. The fraction of sp³-hybridized carbons (Fsp3) is 0.400. The minimum atomic E-state index is -0.138. The van der Waals surface area contributed by atoms with Crippen molar-refractivity contribution in [1.29, 1.82) is 0 Å². The van der Waals surface area contributed by atoms with Gasteiger partial charge in [-0.1, -0.05) is 31.2 Å². The predicted molar refractivity (Wildman–Crippen MR) is 91.1 cm³/mol. The number of hydrogen-bond acceptors (Lipinski definition) is 6. The molecule has 0 spiro atoms. The lowest BCUT2D eigenvalue weighted by atomic mass is 10.2. The fourth-order valence-electron chi connectivity index (χ4n) is 1.94. The lowest BCUT2D eigenvalue weighted by Gasteiger charge is -2.07. The van der Waals surface area contributed by atoms with Gasteiger partial charge in [0.05, 0.1) is 12.9 Å². The number of ether oxygens (including phenoxy) is 1. The van der Waals surface area contributed by atoms with Gasteiger partial charge in [0.15, 0.2) is 5.82 Å². The van der Waals surface area contributed by atoms with Crippen molar-refractivity contribution in [3.8, 4) is 5.75 Å². The molecule has 0 aliphatic carbocycles. The van der Waals surface area contributed by atoms with Crippen molar-refractivity contribution in [3.05, 3.63) is 30.1 Å². The summed E-state index contributed by atoms with van der Waals surface area (Å²) >= 11 is 1.26. The number of amides is 1. The van der Waals surface area contributed by atoms with Crippen LogP contribution in [0.5, 0.6) is 5.75 Å². The van der Waals surface area contributed by atoms with E-state index in [2.05, 4.69) is 22.4 Å². The van der Waals surface area contributed by atoms with Crippen molar-refractivity contribution >= 4 is 23.4 Å². The van der Waals surface area contributed by atoms with E-state index in [9.17, 15) is 4.79 Å². The van der Waals surface area contributed by atoms with Crippen LogP contribution in [0.3, 0.4) is 0 Å². The second kappa shape index (κ2) is 8.42. The third-order valence-electron chi connectivity index (χ3n) is 3.17. The van der Waals surface area contributed by atoms with Crippen LogP contribution in [-0.2, 0) is 11.2 Å². The number of carbonyl (C=O) groups excluding carboxylic acids is 1. The summed E-state index contributed by atoms with van der Waals surface area (Å²) < 4.78 is 6.58. The van der Waals surface area contributed by atoms with Gasteiger partial charge in [0.1, 0.15) is 5.75 Å². The summed E-state index contributed by atoms with van der Waals surface area (Å²) in [7, 11) is 1.58. The van der Waals surface area contributed by atoms with Crippen LogP contribution in [0.25, 0.3) is 0 Å². The van der Waals surface area contributed by atoms with Gasteiger partial charge in [-0.3, -0.25) is 4.79 Å². The van der Waals surface area contributed by atoms with Crippen LogP contribution in [0.2, 0.25) is 0 Å². The number of benzene rings is 1. The van der Waals surface area contributed by atoms with Crippen molar-refractivity contribution in [2.24, 2.45) is 0 Å². The van der Waals surface area contributed by atoms with Gasteiger partial charge in [0.25, 0.3) is 0 Å². The minimum absolute atomic E-state index is 0.138. The molecule has 1 amide bonds. The largest absolute Gasteiger partial charge is 0.497 e. The molecular weight excluding hydrogens is 314 g/mol. The normalized spacial score (nSPS) is 10.5. The van der Waals surface area contributed by atoms with Crippen LogP contribution in [0.4, 0.5) is 5.69 Å². The zero-order valence-electron chi connectivity index (χ0n) is 13.3. The number of aryl methyl sites for hydroxylation is 1. The minimum Gasteiger partial charge on any atom is -0.497 e. The maximum atomic E-state index is 12.0. The first-order chi connectivity index (χ1) is 11.1. The summed E-state index contributed by atoms with van der Waals surface area (Å²) in [5.41, 5.74) is 0.688. The van der Waals surface area contributed by atoms with Gasteiger partial charge < -0.3 is 15.9 Å². The van der Waals surface area contributed by atoms with Gasteiger partial charge in [0.2, 0.25) is 11.1 Å². The third-order valence-corrected chi connectivity index (χ3v) is 4.12. The van der Waals surface area contributed by atoms with Gasteiger partial charge in [0, 0.05) is 18.2 Å². The highest BCUT2D eigenvalue weighted by molar-refractivity contribution is 7.99. The van der Waals surface area contributed by atoms with Gasteiger partial charge in [-0.25, -0.2) is 4.68 Å². The Kier molecular flexibility index (Phi) is 6.28. The zero-order chi connectivity index (χ0) is 16.7. The van der Waals surface area contributed by atoms with E-state index >= 15 is 0 Å². The van der Waals surface area contributed by atoms with Gasteiger partial charge in [-0.2, -0.15) is 0 Å². The van der Waals surface area contributed by atoms with Crippen LogP contribution in [0, 0.1) is 0 Å². The molecule has 3 N–H and O–H groups in total. The first-order valence-corrected chi connectivity index (χ1v) is 8.38. The van der Waals surface area contributed by atoms with Crippen LogP contribution in [-0.4, -0.2) is 33.6 Å². The van der Waals surface area contributed by atoms with Crippen molar-refractivity contribution in [2.45, 2.75) is 31.3 Å². The Morgan fingerprint density at radius 3 is 3.00 bits per heavy atom. The first kappa shape index (κ1) is 17.1. The second-order valence-electron chi connectivity index (χ2n) is 4.94. The molecule has 0 saturated heterocycles. The summed E-state index contributed by atoms with van der Waals surface area (Å²) in [6, 6.07) is 7.20. The lowest BCUT2D eigenvalue weighted by Crippen LogP contribution is -2.17. The number of nitrogens with zero attached hydrogens (tertiary/aromatic N) is 3. The quantitative estimate of drug-likeness (QED) is 0.566. The van der Waals surface area contributed by atoms with Crippen LogP contribution in [0.1, 0.15) is 25.6 Å². The maximum absolute atomic E-state index is 12.0. The average molecular weight is 335 g/mol. The van der Waals surface area contributed by atoms with E-state index in [4.69, 9.17) is 10.6 Å². The Labute approximate surface area is 139 Å². The highest BCUT2D eigenvalue weighted by Crippen LogP contribution is 2.19. The number of aromatic nitrogens is 3. The molecule has 2 rings (SSSR count). The molecule has 0 atom stereocenters. The van der Waals surface area contributed by atoms with E-state index in [1.54, 1.807) is 19.2 Å². The Morgan fingerprint density at radius 1 is 1.43 bits per heavy atom. The van der Waals surface area contributed by atoms with Gasteiger partial charge in [-0.05, 0) is 18.6 Å². The lowest BCUT2D eigenvalue weighted by molar-refractivity contribution is -0.113. The zero-order valence-corrected chi connectivity index (χ0v) is 14.1. The predicted octanol–water partition coefficient (Wildman–Crippen LogP) is 2.07. The molecule has 2 aromatic rings. The van der Waals surface area contributed by atoms with E-state index in [-0.39, 0.29) is 11.7 Å². The Hall–Kier alpha value is -2.22. The maximum Gasteiger partial charge on any atom is 0.234 e. The summed E-state index contributed by atoms with van der Waals surface area (Å²) in [4.78, 5) is 12.0. The highest BCUT2D eigenvalue weighted by atomic mass is 32.2. The molecule has 7 nitrogen and oxygen atoms in total. The monoisotopic (exact) mass is 335 g/mol. The van der Waals surface area contributed by atoms with E-state index in [1.807, 2.05) is 12.1 Å². The Balaban J connectivity index is 1.88. The number of thioether (sulfide) groups is 1. The number of methoxy groups -OCH3 is 1. The fourth-order valence-corrected chi connectivity index (χ4v) is 2.61.